The number of carbonyl (C=O) groups is 3. The lowest BCUT2D eigenvalue weighted by atomic mass is 9.53. The number of hydrogen-bond acceptors (Lipinski definition) is 8. The van der Waals surface area contributed by atoms with Crippen molar-refractivity contribution in [2.24, 2.45) is 5.92 Å². The summed E-state index contributed by atoms with van der Waals surface area (Å²) in [6.45, 7) is 4.17. The van der Waals surface area contributed by atoms with Crippen molar-refractivity contribution in [2.75, 3.05) is 20.2 Å². The van der Waals surface area contributed by atoms with Gasteiger partial charge < -0.3 is 23.8 Å². The number of carbonyl (C=O) groups excluding carboxylic acids is 3. The molecule has 2 unspecified atom stereocenters. The summed E-state index contributed by atoms with van der Waals surface area (Å²) in [5, 5.41) is 0. The molecular weight excluding hydrogens is 426 g/mol. The van der Waals surface area contributed by atoms with Crippen LogP contribution in [0.15, 0.2) is 36.4 Å². The topological polar surface area (TPSA) is 91.4 Å². The zero-order chi connectivity index (χ0) is 23.3. The molecule has 1 aromatic rings. The normalized spacial score (nSPS) is 31.0. The summed E-state index contributed by atoms with van der Waals surface area (Å²) in [5.41, 5.74) is 1.88. The zero-order valence-electron chi connectivity index (χ0n) is 18.9. The van der Waals surface area contributed by atoms with Crippen LogP contribution in [0.3, 0.4) is 0 Å². The van der Waals surface area contributed by atoms with Gasteiger partial charge in [-0.2, -0.15) is 0 Å². The number of benzene rings is 1. The summed E-state index contributed by atoms with van der Waals surface area (Å²) in [5.74, 6) is -0.500. The van der Waals surface area contributed by atoms with E-state index in [0.29, 0.717) is 17.5 Å². The van der Waals surface area contributed by atoms with Crippen molar-refractivity contribution in [3.8, 4) is 11.5 Å². The lowest BCUT2D eigenvalue weighted by Gasteiger charge is -2.56. The third-order valence-electron chi connectivity index (χ3n) is 7.26. The Kier molecular flexibility index (Phi) is 5.28. The summed E-state index contributed by atoms with van der Waals surface area (Å²) in [6.07, 6.45) is 6.78. The molecule has 4 aliphatic rings. The van der Waals surface area contributed by atoms with Crippen molar-refractivity contribution in [1.29, 1.82) is 0 Å². The number of rotatable bonds is 5. The van der Waals surface area contributed by atoms with E-state index >= 15 is 0 Å². The number of likely N-dealkylation sites (tertiary alicyclic amines) is 1. The summed E-state index contributed by atoms with van der Waals surface area (Å²) in [7, 11) is 2.14. The number of piperidine rings is 1. The first-order chi connectivity index (χ1) is 15.8. The predicted octanol–water partition coefficient (Wildman–Crippen LogP) is 2.09. The standard InChI is InChI=1S/C25H27NO7/c1-4-30-20(28)9-10-21(29)32-19-8-6-16-17-13-15-5-7-18(31-14(2)27)23-22(15)25(16,24(19)33-23)11-12-26(17)3/h5-10,16-17,19,24H,4,11-13H2,1-3H3/t16-,17+,19?,24?,25-/m0/s1. The van der Waals surface area contributed by atoms with Gasteiger partial charge in [-0.25, -0.2) is 9.59 Å². The lowest BCUT2D eigenvalue weighted by Crippen LogP contribution is -2.65. The quantitative estimate of drug-likeness (QED) is 0.290. The summed E-state index contributed by atoms with van der Waals surface area (Å²) in [4.78, 5) is 38.2. The molecule has 8 heteroatoms. The average Bonchev–Trinajstić information content (AvgIpc) is 3.12. The lowest BCUT2D eigenvalue weighted by molar-refractivity contribution is -0.149. The molecule has 0 radical (unpaired) electrons. The third kappa shape index (κ3) is 3.35. The monoisotopic (exact) mass is 453 g/mol. The summed E-state index contributed by atoms with van der Waals surface area (Å²) < 4.78 is 22.5. The summed E-state index contributed by atoms with van der Waals surface area (Å²) >= 11 is 0. The first-order valence-electron chi connectivity index (χ1n) is 11.3. The molecular formula is C25H27NO7. The van der Waals surface area contributed by atoms with Gasteiger partial charge in [0.25, 0.3) is 0 Å². The number of esters is 3. The largest absolute Gasteiger partial charge is 0.481 e. The van der Waals surface area contributed by atoms with Gasteiger partial charge in [0.1, 0.15) is 6.10 Å². The van der Waals surface area contributed by atoms with E-state index in [2.05, 4.69) is 18.0 Å². The van der Waals surface area contributed by atoms with Gasteiger partial charge in [0.2, 0.25) is 0 Å². The highest BCUT2D eigenvalue weighted by Crippen LogP contribution is 2.62. The van der Waals surface area contributed by atoms with Crippen molar-refractivity contribution >= 4 is 17.9 Å². The second-order valence-corrected chi connectivity index (χ2v) is 9.00. The third-order valence-corrected chi connectivity index (χ3v) is 7.26. The van der Waals surface area contributed by atoms with Gasteiger partial charge in [0.15, 0.2) is 17.6 Å². The fourth-order valence-corrected chi connectivity index (χ4v) is 6.05. The molecule has 0 N–H and O–H groups in total. The van der Waals surface area contributed by atoms with Gasteiger partial charge in [-0.15, -0.1) is 0 Å². The first kappa shape index (κ1) is 21.7. The number of likely N-dealkylation sites (N-methyl/N-ethyl adjacent to an activating group) is 1. The van der Waals surface area contributed by atoms with Crippen LogP contribution >= 0.6 is 0 Å². The van der Waals surface area contributed by atoms with Crippen LogP contribution in [0, 0.1) is 5.92 Å². The predicted molar refractivity (Wildman–Crippen MR) is 117 cm³/mol. The molecule has 2 heterocycles. The molecule has 0 aromatic heterocycles. The maximum Gasteiger partial charge on any atom is 0.331 e. The van der Waals surface area contributed by atoms with Crippen molar-refractivity contribution in [3.63, 3.8) is 0 Å². The average molecular weight is 453 g/mol. The maximum atomic E-state index is 12.5. The molecule has 33 heavy (non-hydrogen) atoms. The molecule has 0 saturated carbocycles. The first-order valence-corrected chi connectivity index (χ1v) is 11.3. The molecule has 8 nitrogen and oxygen atoms in total. The molecule has 2 aliphatic heterocycles. The Balaban J connectivity index is 1.52. The van der Waals surface area contributed by atoms with Crippen molar-refractivity contribution in [2.45, 2.75) is 50.4 Å². The van der Waals surface area contributed by atoms with Gasteiger partial charge >= 0.3 is 17.9 Å². The molecule has 1 fully saturated rings. The van der Waals surface area contributed by atoms with Crippen LogP contribution in [0.2, 0.25) is 0 Å². The Morgan fingerprint density at radius 2 is 2.00 bits per heavy atom. The SMILES string of the molecule is CCOC(=O)C=CC(=O)OC1C=C[C@H]2[C@H]3Cc4ccc(OC(C)=O)c5c4[C@@]2(CCN3C)C1O5. The van der Waals surface area contributed by atoms with E-state index in [1.54, 1.807) is 13.0 Å². The molecule has 5 atom stereocenters. The van der Waals surface area contributed by atoms with Crippen LogP contribution in [0.5, 0.6) is 11.5 Å². The van der Waals surface area contributed by atoms with Gasteiger partial charge in [-0.05, 0) is 51.1 Å². The Hall–Kier alpha value is -3.13. The smallest absolute Gasteiger partial charge is 0.331 e. The summed E-state index contributed by atoms with van der Waals surface area (Å²) in [6, 6.07) is 4.12. The fourth-order valence-electron chi connectivity index (χ4n) is 6.05. The molecule has 174 valence electrons. The van der Waals surface area contributed by atoms with E-state index < -0.39 is 30.1 Å². The molecule has 5 rings (SSSR count). The van der Waals surface area contributed by atoms with Crippen molar-refractivity contribution < 1.29 is 33.3 Å². The van der Waals surface area contributed by atoms with Crippen molar-refractivity contribution in [1.82, 2.24) is 4.90 Å². The van der Waals surface area contributed by atoms with Gasteiger partial charge in [0, 0.05) is 42.0 Å². The van der Waals surface area contributed by atoms with E-state index in [4.69, 9.17) is 18.9 Å². The van der Waals surface area contributed by atoms with Crippen LogP contribution in [-0.2, 0) is 35.7 Å². The van der Waals surface area contributed by atoms with Gasteiger partial charge in [-0.3, -0.25) is 4.79 Å². The number of nitrogens with zero attached hydrogens (tertiary/aromatic N) is 1. The van der Waals surface area contributed by atoms with E-state index in [-0.39, 0.29) is 17.9 Å². The Labute approximate surface area is 192 Å². The molecule has 2 aliphatic carbocycles. The van der Waals surface area contributed by atoms with E-state index in [9.17, 15) is 14.4 Å². The Morgan fingerprint density at radius 3 is 2.76 bits per heavy atom. The Bertz CT molecular complexity index is 1080. The molecule has 1 saturated heterocycles. The van der Waals surface area contributed by atoms with E-state index in [0.717, 1.165) is 37.1 Å². The van der Waals surface area contributed by atoms with E-state index in [1.165, 1.54) is 12.5 Å². The van der Waals surface area contributed by atoms with Crippen LogP contribution in [-0.4, -0.2) is 61.3 Å². The van der Waals surface area contributed by atoms with Crippen LogP contribution in [0.1, 0.15) is 31.4 Å². The minimum absolute atomic E-state index is 0.188. The maximum absolute atomic E-state index is 12.5. The van der Waals surface area contributed by atoms with Crippen molar-refractivity contribution in [3.05, 3.63) is 47.6 Å². The van der Waals surface area contributed by atoms with Gasteiger partial charge in [-0.1, -0.05) is 12.1 Å². The minimum Gasteiger partial charge on any atom is -0.481 e. The molecule has 1 aromatic carbocycles. The number of ether oxygens (including phenoxy) is 4. The fraction of sp³-hybridized carbons (Fsp3) is 0.480. The van der Waals surface area contributed by atoms with Crippen LogP contribution < -0.4 is 9.47 Å². The minimum atomic E-state index is -0.646. The van der Waals surface area contributed by atoms with Crippen LogP contribution in [0.25, 0.3) is 0 Å². The van der Waals surface area contributed by atoms with E-state index in [1.807, 2.05) is 12.1 Å². The Morgan fingerprint density at radius 1 is 1.21 bits per heavy atom. The molecule has 1 spiro atoms. The number of hydrogen-bond donors (Lipinski definition) is 0. The van der Waals surface area contributed by atoms with Crippen LogP contribution in [0.4, 0.5) is 0 Å². The molecule has 0 amide bonds. The highest BCUT2D eigenvalue weighted by Gasteiger charge is 2.65. The second-order valence-electron chi connectivity index (χ2n) is 9.00. The highest BCUT2D eigenvalue weighted by molar-refractivity contribution is 5.91. The second kappa shape index (κ2) is 8.02. The van der Waals surface area contributed by atoms with Gasteiger partial charge in [0.05, 0.1) is 6.61 Å². The zero-order valence-corrected chi connectivity index (χ0v) is 18.9. The highest BCUT2D eigenvalue weighted by atomic mass is 16.6. The molecule has 2 bridgehead atoms.